The molecule has 0 spiro atoms. The van der Waals surface area contributed by atoms with Gasteiger partial charge in [0.25, 0.3) is 0 Å². The van der Waals surface area contributed by atoms with Crippen LogP contribution in [-0.2, 0) is 11.3 Å². The molecule has 3 nitrogen and oxygen atoms in total. The Kier molecular flexibility index (Phi) is 5.46. The van der Waals surface area contributed by atoms with E-state index < -0.39 is 11.6 Å². The van der Waals surface area contributed by atoms with E-state index in [2.05, 4.69) is 10.2 Å². The Morgan fingerprint density at radius 2 is 2.00 bits per heavy atom. The van der Waals surface area contributed by atoms with Crippen molar-refractivity contribution in [1.29, 1.82) is 0 Å². The molecule has 1 atom stereocenters. The third-order valence-corrected chi connectivity index (χ3v) is 3.64. The van der Waals surface area contributed by atoms with Crippen LogP contribution in [0.4, 0.5) is 8.78 Å². The molecular formula is C15H22F2N2O. The summed E-state index contributed by atoms with van der Waals surface area (Å²) < 4.78 is 32.8. The monoisotopic (exact) mass is 284 g/mol. The van der Waals surface area contributed by atoms with E-state index in [9.17, 15) is 8.78 Å². The third-order valence-electron chi connectivity index (χ3n) is 3.64. The lowest BCUT2D eigenvalue weighted by Crippen LogP contribution is -2.44. The van der Waals surface area contributed by atoms with Gasteiger partial charge in [-0.3, -0.25) is 4.90 Å². The van der Waals surface area contributed by atoms with Crippen molar-refractivity contribution in [2.45, 2.75) is 26.4 Å². The van der Waals surface area contributed by atoms with E-state index in [0.717, 1.165) is 32.8 Å². The molecule has 0 saturated carbocycles. The quantitative estimate of drug-likeness (QED) is 0.896. The normalized spacial score (nSPS) is 18.2. The van der Waals surface area contributed by atoms with Crippen molar-refractivity contribution in [2.75, 3.05) is 32.8 Å². The number of halogens is 2. The lowest BCUT2D eigenvalue weighted by molar-refractivity contribution is 0.0343. The molecule has 1 aromatic carbocycles. The molecule has 20 heavy (non-hydrogen) atoms. The first-order chi connectivity index (χ1) is 9.58. The second-order valence-corrected chi connectivity index (χ2v) is 5.35. The summed E-state index contributed by atoms with van der Waals surface area (Å²) in [6.07, 6.45) is 0. The fourth-order valence-corrected chi connectivity index (χ4v) is 2.39. The maximum Gasteiger partial charge on any atom is 0.133 e. The summed E-state index contributed by atoms with van der Waals surface area (Å²) >= 11 is 0. The van der Waals surface area contributed by atoms with Gasteiger partial charge in [-0.25, -0.2) is 8.78 Å². The number of aryl methyl sites for hydroxylation is 1. The first kappa shape index (κ1) is 15.4. The molecule has 1 N–H and O–H groups in total. The predicted molar refractivity (Wildman–Crippen MR) is 74.7 cm³/mol. The van der Waals surface area contributed by atoms with E-state index in [4.69, 9.17) is 4.74 Å². The fourth-order valence-electron chi connectivity index (χ4n) is 2.39. The zero-order valence-corrected chi connectivity index (χ0v) is 12.1. The molecule has 1 aromatic rings. The minimum Gasteiger partial charge on any atom is -0.379 e. The van der Waals surface area contributed by atoms with Gasteiger partial charge in [-0.05, 0) is 25.5 Å². The van der Waals surface area contributed by atoms with Crippen LogP contribution in [0.3, 0.4) is 0 Å². The van der Waals surface area contributed by atoms with Crippen LogP contribution in [0.25, 0.3) is 0 Å². The van der Waals surface area contributed by atoms with E-state index >= 15 is 0 Å². The summed E-state index contributed by atoms with van der Waals surface area (Å²) in [5.74, 6) is -0.935. The Morgan fingerprint density at radius 1 is 1.30 bits per heavy atom. The van der Waals surface area contributed by atoms with Crippen molar-refractivity contribution in [3.8, 4) is 0 Å². The summed E-state index contributed by atoms with van der Waals surface area (Å²) in [4.78, 5) is 2.30. The van der Waals surface area contributed by atoms with Crippen molar-refractivity contribution < 1.29 is 13.5 Å². The minimum absolute atomic E-state index is 0.124. The number of hydrogen-bond donors (Lipinski definition) is 1. The van der Waals surface area contributed by atoms with Gasteiger partial charge in [0.15, 0.2) is 0 Å². The summed E-state index contributed by atoms with van der Waals surface area (Å²) in [5, 5.41) is 3.19. The van der Waals surface area contributed by atoms with Crippen molar-refractivity contribution in [3.05, 3.63) is 34.9 Å². The van der Waals surface area contributed by atoms with Crippen LogP contribution < -0.4 is 5.32 Å². The number of ether oxygens (including phenoxy) is 1. The van der Waals surface area contributed by atoms with E-state index in [0.29, 0.717) is 5.56 Å². The van der Waals surface area contributed by atoms with Crippen LogP contribution in [0, 0.1) is 18.6 Å². The largest absolute Gasteiger partial charge is 0.379 e. The topological polar surface area (TPSA) is 24.5 Å². The molecule has 1 fully saturated rings. The van der Waals surface area contributed by atoms with Crippen LogP contribution >= 0.6 is 0 Å². The second kappa shape index (κ2) is 7.11. The Morgan fingerprint density at radius 3 is 2.70 bits per heavy atom. The summed E-state index contributed by atoms with van der Waals surface area (Å²) in [6.45, 7) is 8.10. The molecule has 2 rings (SSSR count). The Hall–Kier alpha value is -1.04. The number of hydrogen-bond acceptors (Lipinski definition) is 3. The molecule has 1 unspecified atom stereocenters. The highest BCUT2D eigenvalue weighted by atomic mass is 19.1. The molecule has 5 heteroatoms. The number of rotatable bonds is 5. The van der Waals surface area contributed by atoms with Gasteiger partial charge < -0.3 is 10.1 Å². The molecule has 1 aliphatic rings. The van der Waals surface area contributed by atoms with Crippen molar-refractivity contribution in [3.63, 3.8) is 0 Å². The van der Waals surface area contributed by atoms with Gasteiger partial charge in [0.2, 0.25) is 0 Å². The average Bonchev–Trinajstić information content (AvgIpc) is 2.44. The third kappa shape index (κ3) is 3.98. The summed E-state index contributed by atoms with van der Waals surface area (Å²) in [7, 11) is 0. The second-order valence-electron chi connectivity index (χ2n) is 5.35. The highest BCUT2D eigenvalue weighted by molar-refractivity contribution is 5.26. The molecule has 1 heterocycles. The van der Waals surface area contributed by atoms with Crippen LogP contribution in [0.2, 0.25) is 0 Å². The highest BCUT2D eigenvalue weighted by Crippen LogP contribution is 2.16. The van der Waals surface area contributed by atoms with Gasteiger partial charge in [0, 0.05) is 37.8 Å². The molecule has 0 radical (unpaired) electrons. The molecule has 0 amide bonds. The molecule has 112 valence electrons. The lowest BCUT2D eigenvalue weighted by Gasteiger charge is -2.29. The van der Waals surface area contributed by atoms with E-state index in [-0.39, 0.29) is 18.2 Å². The van der Waals surface area contributed by atoms with Crippen LogP contribution in [0.15, 0.2) is 12.1 Å². The minimum atomic E-state index is -0.487. The van der Waals surface area contributed by atoms with Crippen LogP contribution in [0.1, 0.15) is 18.1 Å². The van der Waals surface area contributed by atoms with Crippen molar-refractivity contribution in [2.24, 2.45) is 0 Å². The summed E-state index contributed by atoms with van der Waals surface area (Å²) in [5.41, 5.74) is 0.600. The fraction of sp³-hybridized carbons (Fsp3) is 0.600. The Bertz CT molecular complexity index is 448. The maximum atomic E-state index is 13.9. The standard InChI is InChI=1S/C15H22F2N2O/c1-11-3-4-14(16)13(15(11)17)9-18-12(2)10-19-5-7-20-8-6-19/h3-4,12,18H,5-10H2,1-2H3. The first-order valence-electron chi connectivity index (χ1n) is 7.05. The van der Waals surface area contributed by atoms with E-state index in [1.54, 1.807) is 6.92 Å². The smallest absolute Gasteiger partial charge is 0.133 e. The molecular weight excluding hydrogens is 262 g/mol. The number of nitrogens with one attached hydrogen (secondary N) is 1. The SMILES string of the molecule is Cc1ccc(F)c(CNC(C)CN2CCOCC2)c1F. The molecule has 1 aliphatic heterocycles. The van der Waals surface area contributed by atoms with Crippen molar-refractivity contribution >= 4 is 0 Å². The molecule has 1 saturated heterocycles. The number of nitrogens with zero attached hydrogens (tertiary/aromatic N) is 1. The van der Waals surface area contributed by atoms with Gasteiger partial charge in [0.05, 0.1) is 13.2 Å². The lowest BCUT2D eigenvalue weighted by atomic mass is 10.1. The molecule has 0 aliphatic carbocycles. The van der Waals surface area contributed by atoms with Gasteiger partial charge in [-0.2, -0.15) is 0 Å². The van der Waals surface area contributed by atoms with Gasteiger partial charge in [0.1, 0.15) is 11.6 Å². The molecule has 0 bridgehead atoms. The predicted octanol–water partition coefficient (Wildman–Crippen LogP) is 2.08. The van der Waals surface area contributed by atoms with E-state index in [1.165, 1.54) is 12.1 Å². The maximum absolute atomic E-state index is 13.9. The zero-order chi connectivity index (χ0) is 14.5. The average molecular weight is 284 g/mol. The zero-order valence-electron chi connectivity index (χ0n) is 12.1. The molecule has 0 aromatic heterocycles. The Labute approximate surface area is 118 Å². The summed E-state index contributed by atoms with van der Waals surface area (Å²) in [6, 6.07) is 2.96. The van der Waals surface area contributed by atoms with Gasteiger partial charge >= 0.3 is 0 Å². The Balaban J connectivity index is 1.86. The van der Waals surface area contributed by atoms with E-state index in [1.807, 2.05) is 6.92 Å². The van der Waals surface area contributed by atoms with Gasteiger partial charge in [-0.1, -0.05) is 6.07 Å². The number of morpholine rings is 1. The first-order valence-corrected chi connectivity index (χ1v) is 7.05. The van der Waals surface area contributed by atoms with Crippen LogP contribution in [-0.4, -0.2) is 43.8 Å². The van der Waals surface area contributed by atoms with Crippen LogP contribution in [0.5, 0.6) is 0 Å². The highest BCUT2D eigenvalue weighted by Gasteiger charge is 2.15. The number of benzene rings is 1. The van der Waals surface area contributed by atoms with Crippen molar-refractivity contribution in [1.82, 2.24) is 10.2 Å². The van der Waals surface area contributed by atoms with Gasteiger partial charge in [-0.15, -0.1) is 0 Å².